The number of allylic oxidation sites excluding steroid dienone is 4. The minimum absolute atomic E-state index is 0.481. The summed E-state index contributed by atoms with van der Waals surface area (Å²) in [4.78, 5) is 1.18. The van der Waals surface area contributed by atoms with Gasteiger partial charge in [-0.2, -0.15) is 13.2 Å². The van der Waals surface area contributed by atoms with Gasteiger partial charge in [0.2, 0.25) is 0 Å². The number of thioether (sulfide) groups is 1. The number of hydrogen-bond acceptors (Lipinski definition) is 2. The lowest BCUT2D eigenvalue weighted by Gasteiger charge is -2.32. The van der Waals surface area contributed by atoms with Crippen LogP contribution in [0.1, 0.15) is 46.0 Å². The normalized spacial score (nSPS) is 23.2. The Labute approximate surface area is 144 Å². The van der Waals surface area contributed by atoms with Gasteiger partial charge in [0.25, 0.3) is 0 Å². The summed E-state index contributed by atoms with van der Waals surface area (Å²) in [5.74, 6) is 0.623. The minimum Gasteiger partial charge on any atom is -0.242 e. The second kappa shape index (κ2) is 10.0. The summed E-state index contributed by atoms with van der Waals surface area (Å²) in [6.07, 6.45) is 3.98. The van der Waals surface area contributed by atoms with Gasteiger partial charge in [0.15, 0.2) is 0 Å². The highest BCUT2D eigenvalue weighted by Crippen LogP contribution is 2.34. The molecule has 2 atom stereocenters. The Morgan fingerprint density at radius 2 is 2.18 bits per heavy atom. The first-order chi connectivity index (χ1) is 10.3. The van der Waals surface area contributed by atoms with Crippen molar-refractivity contribution in [2.24, 2.45) is 5.92 Å². The lowest BCUT2D eigenvalue weighted by atomic mass is 9.97. The van der Waals surface area contributed by atoms with E-state index in [-0.39, 0.29) is 0 Å². The minimum atomic E-state index is -4.11. The summed E-state index contributed by atoms with van der Waals surface area (Å²) in [7, 11) is 0. The third-order valence-corrected chi connectivity index (χ3v) is 5.72. The molecule has 0 bridgehead atoms. The first-order valence-corrected chi connectivity index (χ1v) is 9.40. The number of piperidine rings is 1. The molecule has 0 amide bonds. The van der Waals surface area contributed by atoms with Gasteiger partial charge in [0.05, 0.1) is 6.42 Å². The van der Waals surface area contributed by atoms with E-state index in [0.29, 0.717) is 11.2 Å². The highest BCUT2D eigenvalue weighted by atomic mass is 79.9. The summed E-state index contributed by atoms with van der Waals surface area (Å²) in [6.45, 7) is 6.45. The molecule has 0 N–H and O–H groups in total. The molecule has 1 saturated heterocycles. The monoisotopic (exact) mass is 399 g/mol. The van der Waals surface area contributed by atoms with Crippen molar-refractivity contribution in [2.45, 2.75) is 57.4 Å². The van der Waals surface area contributed by atoms with Crippen LogP contribution in [-0.4, -0.2) is 28.4 Å². The summed E-state index contributed by atoms with van der Waals surface area (Å²) in [5, 5.41) is 0.481. The van der Waals surface area contributed by atoms with Crippen molar-refractivity contribution in [1.82, 2.24) is 3.93 Å². The Morgan fingerprint density at radius 1 is 1.45 bits per heavy atom. The van der Waals surface area contributed by atoms with E-state index in [0.717, 1.165) is 25.9 Å². The molecule has 2 unspecified atom stereocenters. The average molecular weight is 400 g/mol. The van der Waals surface area contributed by atoms with Crippen molar-refractivity contribution < 1.29 is 13.2 Å². The molecule has 1 nitrogen and oxygen atoms in total. The fourth-order valence-corrected chi connectivity index (χ4v) is 4.48. The van der Waals surface area contributed by atoms with Crippen molar-refractivity contribution in [3.63, 3.8) is 0 Å². The topological polar surface area (TPSA) is 3.24 Å². The molecule has 0 aromatic rings. The lowest BCUT2D eigenvalue weighted by molar-refractivity contribution is -0.125. The predicted octanol–water partition coefficient (Wildman–Crippen LogP) is 6.32. The van der Waals surface area contributed by atoms with Crippen molar-refractivity contribution >= 4 is 27.9 Å². The van der Waals surface area contributed by atoms with Crippen LogP contribution in [0, 0.1) is 5.92 Å². The lowest BCUT2D eigenvalue weighted by Crippen LogP contribution is -2.32. The fraction of sp³-hybridized carbons (Fsp3) is 0.750. The number of rotatable bonds is 7. The SMILES string of the molecule is CCCC(=CC=CCC(F)(F)F)SC(C)C1CCCN(Br)C1. The van der Waals surface area contributed by atoms with Crippen LogP contribution in [0.4, 0.5) is 13.2 Å². The first-order valence-electron chi connectivity index (χ1n) is 7.81. The van der Waals surface area contributed by atoms with E-state index in [1.807, 2.05) is 17.8 Å². The van der Waals surface area contributed by atoms with E-state index in [9.17, 15) is 13.2 Å². The largest absolute Gasteiger partial charge is 0.392 e. The number of hydrogen-bond donors (Lipinski definition) is 0. The molecule has 22 heavy (non-hydrogen) atoms. The highest BCUT2D eigenvalue weighted by Gasteiger charge is 2.25. The average Bonchev–Trinajstić information content (AvgIpc) is 2.42. The third-order valence-electron chi connectivity index (χ3n) is 3.67. The molecule has 0 aromatic heterocycles. The second-order valence-electron chi connectivity index (χ2n) is 5.72. The van der Waals surface area contributed by atoms with Gasteiger partial charge >= 0.3 is 6.18 Å². The molecular weight excluding hydrogens is 375 g/mol. The molecule has 1 rings (SSSR count). The van der Waals surface area contributed by atoms with Crippen LogP contribution in [0.25, 0.3) is 0 Å². The van der Waals surface area contributed by atoms with Crippen LogP contribution in [0.5, 0.6) is 0 Å². The first kappa shape index (κ1) is 20.1. The zero-order valence-corrected chi connectivity index (χ0v) is 15.6. The van der Waals surface area contributed by atoms with Crippen LogP contribution in [0.15, 0.2) is 23.1 Å². The van der Waals surface area contributed by atoms with E-state index in [1.165, 1.54) is 23.8 Å². The number of halogens is 4. The van der Waals surface area contributed by atoms with Crippen molar-refractivity contribution in [3.05, 3.63) is 23.1 Å². The molecule has 0 aliphatic carbocycles. The van der Waals surface area contributed by atoms with E-state index in [1.54, 1.807) is 6.08 Å². The van der Waals surface area contributed by atoms with Gasteiger partial charge in [0.1, 0.15) is 0 Å². The summed E-state index contributed by atoms with van der Waals surface area (Å²) in [6, 6.07) is 0. The highest BCUT2D eigenvalue weighted by molar-refractivity contribution is 9.07. The molecule has 1 heterocycles. The Morgan fingerprint density at radius 3 is 2.77 bits per heavy atom. The Bertz CT molecular complexity index is 382. The smallest absolute Gasteiger partial charge is 0.242 e. The zero-order valence-electron chi connectivity index (χ0n) is 13.2. The molecule has 1 fully saturated rings. The molecular formula is C16H25BrF3NS. The van der Waals surface area contributed by atoms with E-state index in [2.05, 4.69) is 33.9 Å². The van der Waals surface area contributed by atoms with Gasteiger partial charge in [-0.15, -0.1) is 11.8 Å². The molecule has 128 valence electrons. The van der Waals surface area contributed by atoms with Gasteiger partial charge < -0.3 is 0 Å². The standard InChI is InChI=1S/C16H25BrF3NS/c1-3-7-15(9-4-5-10-16(18,19)20)22-13(2)14-8-6-11-21(17)12-14/h4-5,9,13-14H,3,6-8,10-12H2,1-2H3. The number of alkyl halides is 3. The van der Waals surface area contributed by atoms with E-state index >= 15 is 0 Å². The molecule has 0 spiro atoms. The third kappa shape index (κ3) is 8.63. The van der Waals surface area contributed by atoms with Gasteiger partial charge in [0, 0.05) is 34.5 Å². The Hall–Kier alpha value is 0.0600. The fourth-order valence-electron chi connectivity index (χ4n) is 2.49. The quantitative estimate of drug-likeness (QED) is 0.363. The zero-order chi connectivity index (χ0) is 16.6. The number of nitrogens with zero attached hydrogens (tertiary/aromatic N) is 1. The Balaban J connectivity index is 2.54. The molecule has 0 radical (unpaired) electrons. The second-order valence-corrected chi connectivity index (χ2v) is 8.23. The maximum absolute atomic E-state index is 12.1. The predicted molar refractivity (Wildman–Crippen MR) is 93.1 cm³/mol. The van der Waals surface area contributed by atoms with Gasteiger partial charge in [-0.25, -0.2) is 3.93 Å². The van der Waals surface area contributed by atoms with Crippen LogP contribution >= 0.6 is 27.9 Å². The molecule has 1 aliphatic heterocycles. The molecule has 1 aliphatic rings. The summed E-state index contributed by atoms with van der Waals surface area (Å²) in [5.41, 5.74) is 0. The maximum atomic E-state index is 12.1. The Kier molecular flexibility index (Phi) is 9.17. The van der Waals surface area contributed by atoms with E-state index in [4.69, 9.17) is 0 Å². The summed E-state index contributed by atoms with van der Waals surface area (Å²) < 4.78 is 38.6. The van der Waals surface area contributed by atoms with Crippen LogP contribution in [-0.2, 0) is 0 Å². The van der Waals surface area contributed by atoms with Crippen LogP contribution in [0.2, 0.25) is 0 Å². The maximum Gasteiger partial charge on any atom is 0.392 e. The molecule has 0 aromatic carbocycles. The van der Waals surface area contributed by atoms with Crippen molar-refractivity contribution in [3.8, 4) is 0 Å². The van der Waals surface area contributed by atoms with Gasteiger partial charge in [-0.3, -0.25) is 0 Å². The molecule has 0 saturated carbocycles. The van der Waals surface area contributed by atoms with Crippen molar-refractivity contribution in [2.75, 3.05) is 13.1 Å². The van der Waals surface area contributed by atoms with Gasteiger partial charge in [-0.05, 0) is 30.1 Å². The molecule has 6 heteroatoms. The van der Waals surface area contributed by atoms with Gasteiger partial charge in [-0.1, -0.05) is 38.5 Å². The van der Waals surface area contributed by atoms with Crippen molar-refractivity contribution in [1.29, 1.82) is 0 Å². The van der Waals surface area contributed by atoms with Crippen LogP contribution < -0.4 is 0 Å². The van der Waals surface area contributed by atoms with E-state index < -0.39 is 12.6 Å². The van der Waals surface area contributed by atoms with Crippen LogP contribution in [0.3, 0.4) is 0 Å². The summed E-state index contributed by atoms with van der Waals surface area (Å²) >= 11 is 5.37.